The van der Waals surface area contributed by atoms with Gasteiger partial charge in [-0.1, -0.05) is 83.3 Å². The number of halogens is 3. The molecule has 0 aromatic rings. The van der Waals surface area contributed by atoms with Crippen molar-refractivity contribution in [1.82, 2.24) is 0 Å². The van der Waals surface area contributed by atoms with Crippen LogP contribution in [0.15, 0.2) is 12.2 Å². The van der Waals surface area contributed by atoms with Crippen LogP contribution in [0.3, 0.4) is 0 Å². The topological polar surface area (TPSA) is 0 Å². The largest absolute Gasteiger partial charge is 0.341 e. The van der Waals surface area contributed by atoms with Gasteiger partial charge in [0, 0.05) is 0 Å². The Morgan fingerprint density at radius 3 is 1.45 bits per heavy atom. The third-order valence-electron chi connectivity index (χ3n) is 3.97. The van der Waals surface area contributed by atoms with Crippen molar-refractivity contribution in [2.45, 2.75) is 103 Å². The van der Waals surface area contributed by atoms with Crippen molar-refractivity contribution in [3.63, 3.8) is 0 Å². The van der Waals surface area contributed by atoms with Crippen LogP contribution in [0.4, 0.5) is 0 Å². The Kier molecular flexibility index (Phi) is 17.3. The van der Waals surface area contributed by atoms with Crippen molar-refractivity contribution in [2.24, 2.45) is 0 Å². The van der Waals surface area contributed by atoms with Crippen LogP contribution in [0.2, 0.25) is 6.04 Å². The van der Waals surface area contributed by atoms with Crippen LogP contribution in [-0.2, 0) is 0 Å². The van der Waals surface area contributed by atoms with Crippen LogP contribution in [0, 0.1) is 0 Å². The Hall–Kier alpha value is 0.827. The van der Waals surface area contributed by atoms with Crippen molar-refractivity contribution in [2.75, 3.05) is 0 Å². The highest BCUT2D eigenvalue weighted by molar-refractivity contribution is 7.64. The van der Waals surface area contributed by atoms with E-state index in [2.05, 4.69) is 19.1 Å². The highest BCUT2D eigenvalue weighted by Crippen LogP contribution is 2.27. The quantitative estimate of drug-likeness (QED) is 0.108. The third kappa shape index (κ3) is 20.8. The van der Waals surface area contributed by atoms with Gasteiger partial charge in [0.2, 0.25) is 0 Å². The van der Waals surface area contributed by atoms with Crippen molar-refractivity contribution in [3.8, 4) is 0 Å². The molecule has 0 fully saturated rings. The Balaban J connectivity index is 3.11. The second kappa shape index (κ2) is 16.7. The average Bonchev–Trinajstić information content (AvgIpc) is 2.45. The molecule has 0 spiro atoms. The van der Waals surface area contributed by atoms with E-state index in [1.807, 2.05) is 0 Å². The summed E-state index contributed by atoms with van der Waals surface area (Å²) in [7, 11) is 0. The summed E-state index contributed by atoms with van der Waals surface area (Å²) in [5.41, 5.74) is 0. The van der Waals surface area contributed by atoms with Gasteiger partial charge in [-0.05, 0) is 31.7 Å². The smallest absolute Gasteiger partial charge is 0.126 e. The van der Waals surface area contributed by atoms with Gasteiger partial charge in [0.1, 0.15) is 0 Å². The molecule has 0 aliphatic rings. The fourth-order valence-corrected chi connectivity index (χ4v) is 4.43. The van der Waals surface area contributed by atoms with E-state index < -0.39 is 6.00 Å². The molecule has 0 aromatic heterocycles. The number of allylic oxidation sites excluding steroid dienone is 2. The molecule has 0 aromatic carbocycles. The average molecular weight is 386 g/mol. The fourth-order valence-electron chi connectivity index (χ4n) is 2.57. The van der Waals surface area contributed by atoms with Gasteiger partial charge in [0.25, 0.3) is 0 Å². The van der Waals surface area contributed by atoms with Crippen molar-refractivity contribution in [3.05, 3.63) is 12.2 Å². The minimum absolute atomic E-state index is 0.818. The maximum absolute atomic E-state index is 5.86. The van der Waals surface area contributed by atoms with E-state index in [9.17, 15) is 0 Å². The van der Waals surface area contributed by atoms with Gasteiger partial charge >= 0.3 is 6.00 Å². The molecule has 22 heavy (non-hydrogen) atoms. The van der Waals surface area contributed by atoms with Gasteiger partial charge in [0.15, 0.2) is 0 Å². The van der Waals surface area contributed by atoms with E-state index in [4.69, 9.17) is 33.2 Å². The normalized spacial score (nSPS) is 12.4. The zero-order valence-electron chi connectivity index (χ0n) is 14.4. The second-order valence-corrected chi connectivity index (χ2v) is 15.6. The molecular weight excluding hydrogens is 351 g/mol. The van der Waals surface area contributed by atoms with Crippen LogP contribution in [0.5, 0.6) is 0 Å². The Morgan fingerprint density at radius 2 is 1.00 bits per heavy atom. The summed E-state index contributed by atoms with van der Waals surface area (Å²) in [6.45, 7) is 2.27. The second-order valence-electron chi connectivity index (χ2n) is 6.30. The fraction of sp³-hybridized carbons (Fsp3) is 0.889. The monoisotopic (exact) mass is 384 g/mol. The molecule has 0 unspecified atom stereocenters. The number of hydrogen-bond donors (Lipinski definition) is 0. The highest BCUT2D eigenvalue weighted by atomic mass is 35.8. The van der Waals surface area contributed by atoms with Crippen molar-refractivity contribution >= 4 is 39.2 Å². The van der Waals surface area contributed by atoms with E-state index >= 15 is 0 Å². The predicted octanol–water partition coefficient (Wildman–Crippen LogP) is 8.68. The Morgan fingerprint density at radius 1 is 0.591 bits per heavy atom. The maximum Gasteiger partial charge on any atom is 0.341 e. The molecule has 0 radical (unpaired) electrons. The Labute approximate surface area is 154 Å². The SMILES string of the molecule is CCCCCCCCC=CCCCCCCCC[Si](Cl)(Cl)Cl. The van der Waals surface area contributed by atoms with E-state index in [-0.39, 0.29) is 0 Å². The number of hydrogen-bond acceptors (Lipinski definition) is 0. The van der Waals surface area contributed by atoms with Crippen molar-refractivity contribution in [1.29, 1.82) is 0 Å². The predicted molar refractivity (Wildman–Crippen MR) is 108 cm³/mol. The minimum atomic E-state index is -2.36. The lowest BCUT2D eigenvalue weighted by molar-refractivity contribution is 0.606. The van der Waals surface area contributed by atoms with Gasteiger partial charge in [-0.15, -0.1) is 33.2 Å². The third-order valence-corrected chi connectivity index (χ3v) is 6.59. The number of unbranched alkanes of at least 4 members (excludes halogenated alkanes) is 12. The summed E-state index contributed by atoms with van der Waals surface area (Å²) < 4.78 is 0. The van der Waals surface area contributed by atoms with Crippen LogP contribution in [-0.4, -0.2) is 6.00 Å². The lowest BCUT2D eigenvalue weighted by Gasteiger charge is -2.06. The van der Waals surface area contributed by atoms with Crippen LogP contribution in [0.1, 0.15) is 96.8 Å². The van der Waals surface area contributed by atoms with Crippen LogP contribution in [0.25, 0.3) is 0 Å². The van der Waals surface area contributed by atoms with Gasteiger partial charge in [0.05, 0.1) is 0 Å². The summed E-state index contributed by atoms with van der Waals surface area (Å²) in [4.78, 5) is 0. The highest BCUT2D eigenvalue weighted by Gasteiger charge is 2.23. The first-order chi connectivity index (χ1) is 10.6. The molecule has 0 aliphatic carbocycles. The molecule has 0 amide bonds. The van der Waals surface area contributed by atoms with E-state index in [0.717, 1.165) is 12.5 Å². The zero-order valence-corrected chi connectivity index (χ0v) is 17.7. The molecule has 0 N–H and O–H groups in total. The molecule has 132 valence electrons. The molecule has 0 saturated carbocycles. The first-order valence-electron chi connectivity index (χ1n) is 9.28. The van der Waals surface area contributed by atoms with E-state index in [0.29, 0.717) is 0 Å². The minimum Gasteiger partial charge on any atom is -0.126 e. The zero-order chi connectivity index (χ0) is 16.5. The van der Waals surface area contributed by atoms with E-state index in [1.54, 1.807) is 0 Å². The van der Waals surface area contributed by atoms with Crippen LogP contribution >= 0.6 is 33.2 Å². The molecule has 4 heteroatoms. The van der Waals surface area contributed by atoms with Gasteiger partial charge in [-0.2, -0.15) is 0 Å². The molecule has 0 saturated heterocycles. The summed E-state index contributed by atoms with van der Waals surface area (Å²) in [6, 6.07) is -1.54. The van der Waals surface area contributed by atoms with Gasteiger partial charge < -0.3 is 0 Å². The lowest BCUT2D eigenvalue weighted by Crippen LogP contribution is -2.07. The van der Waals surface area contributed by atoms with Crippen LogP contribution < -0.4 is 0 Å². The summed E-state index contributed by atoms with van der Waals surface area (Å²) in [5, 5.41) is 0. The molecule has 0 heterocycles. The molecule has 0 aliphatic heterocycles. The number of rotatable bonds is 16. The van der Waals surface area contributed by atoms with Crippen molar-refractivity contribution < 1.29 is 0 Å². The molecular formula is C18H35Cl3Si. The summed E-state index contributed by atoms with van der Waals surface area (Å²) in [6.07, 6.45) is 23.2. The molecule has 0 bridgehead atoms. The maximum atomic E-state index is 5.86. The first kappa shape index (κ1) is 22.8. The first-order valence-corrected chi connectivity index (χ1v) is 14.5. The molecule has 0 rings (SSSR count). The lowest BCUT2D eigenvalue weighted by atomic mass is 10.1. The van der Waals surface area contributed by atoms with E-state index in [1.165, 1.54) is 83.5 Å². The summed E-state index contributed by atoms with van der Waals surface area (Å²) >= 11 is 17.6. The Bertz CT molecular complexity index is 249. The molecule has 0 nitrogen and oxygen atoms in total. The standard InChI is InChI=1S/C18H35Cl3Si/c1-2-3-4-5-6-7-8-9-10-11-12-13-14-15-16-17-18-22(19,20)21/h9-10H,2-8,11-18H2,1H3. The summed E-state index contributed by atoms with van der Waals surface area (Å²) in [5.74, 6) is 0. The van der Waals surface area contributed by atoms with Gasteiger partial charge in [-0.3, -0.25) is 0 Å². The van der Waals surface area contributed by atoms with Gasteiger partial charge in [-0.25, -0.2) is 0 Å². The molecule has 0 atom stereocenters.